The average Bonchev–Trinajstić information content (AvgIpc) is 2.42. The quantitative estimate of drug-likeness (QED) is 0.742. The predicted octanol–water partition coefficient (Wildman–Crippen LogP) is 2.29. The Kier molecular flexibility index (Phi) is 2.02. The Bertz CT molecular complexity index is 445. The third kappa shape index (κ3) is 1.32. The summed E-state index contributed by atoms with van der Waals surface area (Å²) in [6, 6.07) is 6.09. The summed E-state index contributed by atoms with van der Waals surface area (Å²) < 4.78 is 2.01. The van der Waals surface area contributed by atoms with Crippen LogP contribution in [0.3, 0.4) is 0 Å². The number of hydrogen-bond donors (Lipinski definition) is 1. The topological polar surface area (TPSA) is 30.9 Å². The summed E-state index contributed by atoms with van der Waals surface area (Å²) in [7, 11) is 1.98. The molecule has 2 N–H and O–H groups in total. The minimum Gasteiger partial charge on any atom is -0.349 e. The molecule has 0 saturated carbocycles. The first-order valence-corrected chi connectivity index (χ1v) is 4.53. The first-order chi connectivity index (χ1) is 6.22. The molecule has 0 spiro atoms. The molecule has 13 heavy (non-hydrogen) atoms. The van der Waals surface area contributed by atoms with E-state index in [0.29, 0.717) is 6.54 Å². The molecule has 0 unspecified atom stereocenters. The number of nitrogens with two attached hydrogens (primary N) is 1. The summed E-state index contributed by atoms with van der Waals surface area (Å²) in [6.45, 7) is 0.568. The van der Waals surface area contributed by atoms with Gasteiger partial charge in [0.1, 0.15) is 0 Å². The summed E-state index contributed by atoms with van der Waals surface area (Å²) in [5.41, 5.74) is 7.82. The number of aryl methyl sites for hydroxylation is 1. The average molecular weight is 195 g/mol. The van der Waals surface area contributed by atoms with E-state index in [1.54, 1.807) is 0 Å². The Morgan fingerprint density at radius 1 is 1.46 bits per heavy atom. The normalized spacial score (nSPS) is 11.0. The zero-order chi connectivity index (χ0) is 9.42. The summed E-state index contributed by atoms with van der Waals surface area (Å²) in [5.74, 6) is 0. The first-order valence-electron chi connectivity index (χ1n) is 4.16. The van der Waals surface area contributed by atoms with Gasteiger partial charge >= 0.3 is 0 Å². The lowest BCUT2D eigenvalue weighted by Gasteiger charge is -1.99. The minimum absolute atomic E-state index is 0.568. The van der Waals surface area contributed by atoms with Gasteiger partial charge in [0.25, 0.3) is 0 Å². The number of rotatable bonds is 1. The van der Waals surface area contributed by atoms with Gasteiger partial charge in [-0.25, -0.2) is 0 Å². The molecule has 0 fully saturated rings. The molecule has 0 aliphatic carbocycles. The largest absolute Gasteiger partial charge is 0.349 e. The van der Waals surface area contributed by atoms with Crippen LogP contribution in [0.4, 0.5) is 0 Å². The number of hydrogen-bond acceptors (Lipinski definition) is 1. The first kappa shape index (κ1) is 8.60. The zero-order valence-corrected chi connectivity index (χ0v) is 8.17. The van der Waals surface area contributed by atoms with Gasteiger partial charge in [-0.3, -0.25) is 0 Å². The Morgan fingerprint density at radius 2 is 2.23 bits per heavy atom. The molecule has 0 radical (unpaired) electrons. The summed E-state index contributed by atoms with van der Waals surface area (Å²) >= 11 is 6.02. The maximum absolute atomic E-state index is 6.02. The third-order valence-corrected chi connectivity index (χ3v) is 2.54. The zero-order valence-electron chi connectivity index (χ0n) is 7.42. The van der Waals surface area contributed by atoms with E-state index < -0.39 is 0 Å². The molecular formula is C10H11ClN2. The van der Waals surface area contributed by atoms with Gasteiger partial charge < -0.3 is 10.3 Å². The van der Waals surface area contributed by atoms with Crippen molar-refractivity contribution in [1.82, 2.24) is 4.57 Å². The smallest absolute Gasteiger partial charge is 0.0661 e. The molecule has 0 aliphatic heterocycles. The Labute approximate surface area is 81.9 Å². The summed E-state index contributed by atoms with van der Waals surface area (Å²) in [6.07, 6.45) is 1.91. The van der Waals surface area contributed by atoms with Crippen LogP contribution < -0.4 is 5.73 Å². The Hall–Kier alpha value is -0.990. The second-order valence-electron chi connectivity index (χ2n) is 3.14. The molecule has 1 aromatic carbocycles. The monoisotopic (exact) mass is 194 g/mol. The van der Waals surface area contributed by atoms with E-state index in [-0.39, 0.29) is 0 Å². The maximum Gasteiger partial charge on any atom is 0.0661 e. The molecule has 3 heteroatoms. The molecule has 1 aromatic heterocycles. The highest BCUT2D eigenvalue weighted by molar-refractivity contribution is 6.35. The SMILES string of the molecule is Cn1cc(Cl)c2ccc(CN)cc21. The standard InChI is InChI=1S/C10H11ClN2/c1-13-6-9(11)8-3-2-7(5-12)4-10(8)13/h2-4,6H,5,12H2,1H3. The molecule has 0 aliphatic rings. The molecule has 0 amide bonds. The van der Waals surface area contributed by atoms with Gasteiger partial charge in [0.15, 0.2) is 0 Å². The van der Waals surface area contributed by atoms with Crippen LogP contribution in [0.25, 0.3) is 10.9 Å². The van der Waals surface area contributed by atoms with Crippen LogP contribution in [0.1, 0.15) is 5.56 Å². The highest BCUT2D eigenvalue weighted by atomic mass is 35.5. The van der Waals surface area contributed by atoms with Gasteiger partial charge in [0, 0.05) is 30.7 Å². The van der Waals surface area contributed by atoms with E-state index in [9.17, 15) is 0 Å². The lowest BCUT2D eigenvalue weighted by atomic mass is 10.2. The molecule has 0 bridgehead atoms. The van der Waals surface area contributed by atoms with Crippen LogP contribution in [0.5, 0.6) is 0 Å². The number of nitrogens with zero attached hydrogens (tertiary/aromatic N) is 1. The van der Waals surface area contributed by atoms with E-state index in [1.165, 1.54) is 0 Å². The highest BCUT2D eigenvalue weighted by Gasteiger charge is 2.03. The molecule has 2 aromatic rings. The summed E-state index contributed by atoms with van der Waals surface area (Å²) in [5, 5.41) is 1.88. The van der Waals surface area contributed by atoms with Gasteiger partial charge in [-0.1, -0.05) is 23.7 Å². The van der Waals surface area contributed by atoms with Crippen molar-refractivity contribution in [2.45, 2.75) is 6.54 Å². The lowest BCUT2D eigenvalue weighted by molar-refractivity contribution is 0.965. The van der Waals surface area contributed by atoms with Crippen molar-refractivity contribution in [3.8, 4) is 0 Å². The van der Waals surface area contributed by atoms with Crippen molar-refractivity contribution in [1.29, 1.82) is 0 Å². The second-order valence-corrected chi connectivity index (χ2v) is 3.55. The van der Waals surface area contributed by atoms with Crippen molar-refractivity contribution in [3.05, 3.63) is 35.0 Å². The van der Waals surface area contributed by atoms with Crippen LogP contribution in [-0.4, -0.2) is 4.57 Å². The van der Waals surface area contributed by atoms with E-state index in [4.69, 9.17) is 17.3 Å². The van der Waals surface area contributed by atoms with Crippen molar-refractivity contribution in [3.63, 3.8) is 0 Å². The third-order valence-electron chi connectivity index (χ3n) is 2.24. The van der Waals surface area contributed by atoms with Gasteiger partial charge in [-0.2, -0.15) is 0 Å². The van der Waals surface area contributed by atoms with Crippen LogP contribution in [0, 0.1) is 0 Å². The molecule has 0 saturated heterocycles. The number of halogens is 1. The molecule has 68 valence electrons. The number of benzene rings is 1. The van der Waals surface area contributed by atoms with Crippen LogP contribution >= 0.6 is 11.6 Å². The fourth-order valence-corrected chi connectivity index (χ4v) is 1.81. The van der Waals surface area contributed by atoms with E-state index in [1.807, 2.05) is 29.9 Å². The summed E-state index contributed by atoms with van der Waals surface area (Å²) in [4.78, 5) is 0. The molecular weight excluding hydrogens is 184 g/mol. The Balaban J connectivity index is 2.76. The predicted molar refractivity (Wildman–Crippen MR) is 55.8 cm³/mol. The van der Waals surface area contributed by atoms with Crippen molar-refractivity contribution >= 4 is 22.5 Å². The van der Waals surface area contributed by atoms with Crippen LogP contribution in [-0.2, 0) is 13.6 Å². The van der Waals surface area contributed by atoms with Crippen molar-refractivity contribution in [2.24, 2.45) is 12.8 Å². The van der Waals surface area contributed by atoms with Gasteiger partial charge in [-0.05, 0) is 11.6 Å². The van der Waals surface area contributed by atoms with E-state index >= 15 is 0 Å². The van der Waals surface area contributed by atoms with E-state index in [0.717, 1.165) is 21.5 Å². The molecule has 2 rings (SSSR count). The lowest BCUT2D eigenvalue weighted by Crippen LogP contribution is -1.96. The fraction of sp³-hybridized carbons (Fsp3) is 0.200. The molecule has 2 nitrogen and oxygen atoms in total. The maximum atomic E-state index is 6.02. The minimum atomic E-state index is 0.568. The fourth-order valence-electron chi connectivity index (χ4n) is 1.51. The highest BCUT2D eigenvalue weighted by Crippen LogP contribution is 2.25. The number of aromatic nitrogens is 1. The van der Waals surface area contributed by atoms with E-state index in [2.05, 4.69) is 6.07 Å². The van der Waals surface area contributed by atoms with Crippen molar-refractivity contribution in [2.75, 3.05) is 0 Å². The number of fused-ring (bicyclic) bond motifs is 1. The van der Waals surface area contributed by atoms with Gasteiger partial charge in [0.05, 0.1) is 5.02 Å². The van der Waals surface area contributed by atoms with Gasteiger partial charge in [0.2, 0.25) is 0 Å². The molecule has 0 atom stereocenters. The van der Waals surface area contributed by atoms with Crippen LogP contribution in [0.15, 0.2) is 24.4 Å². The van der Waals surface area contributed by atoms with Gasteiger partial charge in [-0.15, -0.1) is 0 Å². The second kappa shape index (κ2) is 3.05. The van der Waals surface area contributed by atoms with Crippen molar-refractivity contribution < 1.29 is 0 Å². The molecule has 1 heterocycles. The Morgan fingerprint density at radius 3 is 2.92 bits per heavy atom. The van der Waals surface area contributed by atoms with Crippen LogP contribution in [0.2, 0.25) is 5.02 Å².